The highest BCUT2D eigenvalue weighted by atomic mass is 35.5. The zero-order chi connectivity index (χ0) is 9.42. The van der Waals surface area contributed by atoms with E-state index >= 15 is 0 Å². The summed E-state index contributed by atoms with van der Waals surface area (Å²) in [6.07, 6.45) is 0.828. The second kappa shape index (κ2) is 3.33. The highest BCUT2D eigenvalue weighted by Crippen LogP contribution is 2.34. The van der Waals surface area contributed by atoms with Crippen molar-refractivity contribution in [1.82, 2.24) is 0 Å². The Morgan fingerprint density at radius 1 is 1.46 bits per heavy atom. The van der Waals surface area contributed by atoms with Crippen molar-refractivity contribution >= 4 is 51.9 Å². The summed E-state index contributed by atoms with van der Waals surface area (Å²) in [6.45, 7) is 0. The molecule has 0 radical (unpaired) electrons. The van der Waals surface area contributed by atoms with E-state index in [0.717, 1.165) is 21.3 Å². The minimum Gasteiger partial charge on any atom is -0.297 e. The van der Waals surface area contributed by atoms with E-state index in [1.54, 1.807) is 12.1 Å². The Kier molecular flexibility index (Phi) is 2.32. The van der Waals surface area contributed by atoms with E-state index in [0.29, 0.717) is 9.90 Å². The first kappa shape index (κ1) is 9.06. The summed E-state index contributed by atoms with van der Waals surface area (Å²) in [7, 11) is 0. The summed E-state index contributed by atoms with van der Waals surface area (Å²) in [6, 6.07) is 5.42. The first-order chi connectivity index (χ1) is 6.22. The average molecular weight is 229 g/mol. The molecular formula is C9H5ClOS2. The fourth-order valence-electron chi connectivity index (χ4n) is 1.15. The number of rotatable bonds is 1. The first-order valence-electron chi connectivity index (χ1n) is 3.58. The molecule has 1 nitrogen and oxygen atoms in total. The van der Waals surface area contributed by atoms with Gasteiger partial charge in [-0.25, -0.2) is 0 Å². The SMILES string of the molecule is O=Cc1cc2c(S)ccc(Cl)c2s1. The van der Waals surface area contributed by atoms with Crippen molar-refractivity contribution in [3.05, 3.63) is 28.1 Å². The number of benzene rings is 1. The topological polar surface area (TPSA) is 17.1 Å². The molecule has 1 heterocycles. The molecule has 0 spiro atoms. The minimum absolute atomic E-state index is 0.672. The summed E-state index contributed by atoms with van der Waals surface area (Å²) in [4.78, 5) is 12.1. The number of aldehydes is 1. The lowest BCUT2D eigenvalue weighted by Gasteiger charge is -1.95. The summed E-state index contributed by atoms with van der Waals surface area (Å²) in [5.74, 6) is 0. The number of thiol groups is 1. The summed E-state index contributed by atoms with van der Waals surface area (Å²) in [5, 5.41) is 1.62. The monoisotopic (exact) mass is 228 g/mol. The Balaban J connectivity index is 2.87. The van der Waals surface area contributed by atoms with Gasteiger partial charge in [0.15, 0.2) is 6.29 Å². The molecule has 0 unspecified atom stereocenters. The number of hydrogen-bond donors (Lipinski definition) is 1. The summed E-state index contributed by atoms with van der Waals surface area (Å²) in [5.41, 5.74) is 0. The number of halogens is 1. The second-order valence-electron chi connectivity index (χ2n) is 2.58. The van der Waals surface area contributed by atoms with Gasteiger partial charge in [-0.2, -0.15) is 0 Å². The van der Waals surface area contributed by atoms with Gasteiger partial charge < -0.3 is 0 Å². The van der Waals surface area contributed by atoms with Gasteiger partial charge >= 0.3 is 0 Å². The van der Waals surface area contributed by atoms with Gasteiger partial charge in [-0.05, 0) is 18.2 Å². The van der Waals surface area contributed by atoms with Gasteiger partial charge in [0.2, 0.25) is 0 Å². The Hall–Kier alpha value is -0.510. The molecule has 0 fully saturated rings. The molecule has 2 aromatic rings. The summed E-state index contributed by atoms with van der Waals surface area (Å²) >= 11 is 11.6. The van der Waals surface area contributed by atoms with E-state index in [4.69, 9.17) is 11.6 Å². The van der Waals surface area contributed by atoms with Gasteiger partial charge in [0.05, 0.1) is 14.6 Å². The lowest BCUT2D eigenvalue weighted by atomic mass is 10.2. The smallest absolute Gasteiger partial charge is 0.160 e. The molecule has 0 saturated carbocycles. The van der Waals surface area contributed by atoms with Crippen LogP contribution in [0.5, 0.6) is 0 Å². The second-order valence-corrected chi connectivity index (χ2v) is 4.55. The molecule has 0 atom stereocenters. The fraction of sp³-hybridized carbons (Fsp3) is 0. The van der Waals surface area contributed by atoms with Gasteiger partial charge in [0, 0.05) is 10.3 Å². The Labute approximate surface area is 89.7 Å². The van der Waals surface area contributed by atoms with Gasteiger partial charge in [0.1, 0.15) is 0 Å². The van der Waals surface area contributed by atoms with Crippen LogP contribution in [0.1, 0.15) is 9.67 Å². The quantitative estimate of drug-likeness (QED) is 0.582. The van der Waals surface area contributed by atoms with E-state index < -0.39 is 0 Å². The van der Waals surface area contributed by atoms with Crippen molar-refractivity contribution in [2.45, 2.75) is 4.90 Å². The van der Waals surface area contributed by atoms with Crippen LogP contribution in [0.4, 0.5) is 0 Å². The van der Waals surface area contributed by atoms with E-state index in [2.05, 4.69) is 12.6 Å². The number of hydrogen-bond acceptors (Lipinski definition) is 3. The van der Waals surface area contributed by atoms with Crippen molar-refractivity contribution < 1.29 is 4.79 Å². The third-order valence-electron chi connectivity index (χ3n) is 1.75. The van der Waals surface area contributed by atoms with E-state index in [1.807, 2.05) is 6.07 Å². The number of thiophene rings is 1. The van der Waals surface area contributed by atoms with Crippen LogP contribution in [0, 0.1) is 0 Å². The maximum atomic E-state index is 10.5. The van der Waals surface area contributed by atoms with Crippen LogP contribution in [0.25, 0.3) is 10.1 Å². The highest BCUT2D eigenvalue weighted by molar-refractivity contribution is 7.80. The predicted octanol–water partition coefficient (Wildman–Crippen LogP) is 3.66. The van der Waals surface area contributed by atoms with Crippen LogP contribution < -0.4 is 0 Å². The Bertz CT molecular complexity index is 437. The van der Waals surface area contributed by atoms with Gasteiger partial charge in [-0.3, -0.25) is 4.79 Å². The van der Waals surface area contributed by atoms with Crippen LogP contribution in [-0.4, -0.2) is 6.29 Å². The zero-order valence-electron chi connectivity index (χ0n) is 6.45. The van der Waals surface area contributed by atoms with Gasteiger partial charge in [-0.15, -0.1) is 24.0 Å². The minimum atomic E-state index is 0.672. The van der Waals surface area contributed by atoms with Crippen molar-refractivity contribution in [2.24, 2.45) is 0 Å². The molecule has 0 saturated heterocycles. The fourth-order valence-corrected chi connectivity index (χ4v) is 2.67. The molecular weight excluding hydrogens is 224 g/mol. The molecule has 66 valence electrons. The zero-order valence-corrected chi connectivity index (χ0v) is 8.92. The lowest BCUT2D eigenvalue weighted by molar-refractivity contribution is 0.112. The molecule has 1 aromatic carbocycles. The highest BCUT2D eigenvalue weighted by Gasteiger charge is 2.06. The standard InChI is InChI=1S/C9H5ClOS2/c10-7-1-2-8(12)6-3-5(4-11)13-9(6)7/h1-4,12H. The summed E-state index contributed by atoms with van der Waals surface area (Å²) < 4.78 is 0.927. The van der Waals surface area contributed by atoms with Crippen LogP contribution in [-0.2, 0) is 0 Å². The van der Waals surface area contributed by atoms with E-state index in [-0.39, 0.29) is 0 Å². The van der Waals surface area contributed by atoms with Crippen molar-refractivity contribution in [3.8, 4) is 0 Å². The lowest BCUT2D eigenvalue weighted by Crippen LogP contribution is -1.68. The molecule has 2 rings (SSSR count). The largest absolute Gasteiger partial charge is 0.297 e. The molecule has 0 aliphatic heterocycles. The molecule has 0 N–H and O–H groups in total. The van der Waals surface area contributed by atoms with Crippen LogP contribution in [0.2, 0.25) is 5.02 Å². The van der Waals surface area contributed by atoms with Crippen LogP contribution in [0.15, 0.2) is 23.1 Å². The molecule has 0 aliphatic carbocycles. The predicted molar refractivity (Wildman–Crippen MR) is 59.5 cm³/mol. The maximum Gasteiger partial charge on any atom is 0.160 e. The van der Waals surface area contributed by atoms with Crippen molar-refractivity contribution in [1.29, 1.82) is 0 Å². The van der Waals surface area contributed by atoms with E-state index in [1.165, 1.54) is 11.3 Å². The van der Waals surface area contributed by atoms with Crippen molar-refractivity contribution in [2.75, 3.05) is 0 Å². The maximum absolute atomic E-state index is 10.5. The molecule has 0 amide bonds. The molecule has 1 aromatic heterocycles. The molecule has 13 heavy (non-hydrogen) atoms. The third kappa shape index (κ3) is 1.47. The molecule has 0 aliphatic rings. The van der Waals surface area contributed by atoms with Crippen LogP contribution in [0.3, 0.4) is 0 Å². The first-order valence-corrected chi connectivity index (χ1v) is 5.22. The number of carbonyl (C=O) groups is 1. The molecule has 0 bridgehead atoms. The normalized spacial score (nSPS) is 10.6. The molecule has 4 heteroatoms. The van der Waals surface area contributed by atoms with E-state index in [9.17, 15) is 4.79 Å². The van der Waals surface area contributed by atoms with Gasteiger partial charge in [0.25, 0.3) is 0 Å². The Morgan fingerprint density at radius 2 is 2.23 bits per heavy atom. The Morgan fingerprint density at radius 3 is 2.85 bits per heavy atom. The number of fused-ring (bicyclic) bond motifs is 1. The van der Waals surface area contributed by atoms with Crippen molar-refractivity contribution in [3.63, 3.8) is 0 Å². The van der Waals surface area contributed by atoms with Crippen LogP contribution >= 0.6 is 35.6 Å². The third-order valence-corrected chi connectivity index (χ3v) is 3.66. The van der Waals surface area contributed by atoms with Gasteiger partial charge in [-0.1, -0.05) is 11.6 Å². The average Bonchev–Trinajstić information content (AvgIpc) is 2.56. The number of carbonyl (C=O) groups excluding carboxylic acids is 1.